The number of nitrogens with two attached hydrogens (primary N) is 1. The van der Waals surface area contributed by atoms with Crippen molar-refractivity contribution >= 4 is 11.7 Å². The number of rotatable bonds is 5. The monoisotopic (exact) mass is 329 g/mol. The normalized spacial score (nSPS) is 26.2. The average molecular weight is 329 g/mol. The van der Waals surface area contributed by atoms with Gasteiger partial charge in [0.15, 0.2) is 0 Å². The Balaban J connectivity index is 2.30. The van der Waals surface area contributed by atoms with Crippen LogP contribution in [0.15, 0.2) is 36.4 Å². The lowest BCUT2D eigenvalue weighted by atomic mass is 9.68. The highest BCUT2D eigenvalue weighted by atomic mass is 16.6. The van der Waals surface area contributed by atoms with Crippen molar-refractivity contribution in [2.45, 2.75) is 53.1 Å². The maximum Gasteiger partial charge on any atom is 0.405 e. The topological polar surface area (TPSA) is 52.3 Å². The lowest BCUT2D eigenvalue weighted by molar-refractivity contribution is 0.0284. The molecule has 3 nitrogen and oxygen atoms in total. The van der Waals surface area contributed by atoms with Gasteiger partial charge in [0.25, 0.3) is 0 Å². The van der Waals surface area contributed by atoms with Crippen LogP contribution in [0.2, 0.25) is 0 Å². The van der Waals surface area contributed by atoms with Crippen LogP contribution in [-0.2, 0) is 4.74 Å². The van der Waals surface area contributed by atoms with Gasteiger partial charge in [-0.2, -0.15) is 0 Å². The molecule has 1 fully saturated rings. The van der Waals surface area contributed by atoms with Crippen molar-refractivity contribution < 1.29 is 9.53 Å². The van der Waals surface area contributed by atoms with E-state index in [4.69, 9.17) is 10.5 Å². The molecule has 0 spiro atoms. The standard InChI is InChI=1S/C21H31NO2/c1-14(2)18-11-10-15(3)12-19(18)20(24-21(22)23)13-16(4)17-8-6-5-7-9-17/h5-9,13-15,18-20H,10-12H2,1-4H3,(H2,22,23)/b16-13+/t15-,18+,19-,20+/m1/s1. The molecular weight excluding hydrogens is 298 g/mol. The van der Waals surface area contributed by atoms with E-state index >= 15 is 0 Å². The number of allylic oxidation sites excluding steroid dienone is 1. The predicted octanol–water partition coefficient (Wildman–Crippen LogP) is 5.26. The molecule has 0 heterocycles. The van der Waals surface area contributed by atoms with Crippen LogP contribution in [-0.4, -0.2) is 12.2 Å². The first kappa shape index (κ1) is 18.6. The van der Waals surface area contributed by atoms with Gasteiger partial charge >= 0.3 is 6.09 Å². The predicted molar refractivity (Wildman–Crippen MR) is 99.4 cm³/mol. The van der Waals surface area contributed by atoms with Gasteiger partial charge < -0.3 is 10.5 Å². The minimum absolute atomic E-state index is 0.252. The summed E-state index contributed by atoms with van der Waals surface area (Å²) in [5, 5.41) is 0. The van der Waals surface area contributed by atoms with Crippen LogP contribution in [0.4, 0.5) is 4.79 Å². The van der Waals surface area contributed by atoms with Crippen molar-refractivity contribution in [2.24, 2.45) is 29.4 Å². The van der Waals surface area contributed by atoms with Gasteiger partial charge in [0.05, 0.1) is 0 Å². The Kier molecular flexibility index (Phi) is 6.47. The van der Waals surface area contributed by atoms with E-state index in [0.29, 0.717) is 23.7 Å². The zero-order chi connectivity index (χ0) is 17.7. The van der Waals surface area contributed by atoms with Gasteiger partial charge in [-0.15, -0.1) is 0 Å². The molecule has 1 amide bonds. The summed E-state index contributed by atoms with van der Waals surface area (Å²) in [6.07, 6.45) is 4.69. The number of carbonyl (C=O) groups is 1. The highest BCUT2D eigenvalue weighted by molar-refractivity contribution is 5.67. The number of primary amides is 1. The smallest absolute Gasteiger partial charge is 0.405 e. The van der Waals surface area contributed by atoms with Gasteiger partial charge in [0.2, 0.25) is 0 Å². The number of hydrogen-bond acceptors (Lipinski definition) is 2. The van der Waals surface area contributed by atoms with Gasteiger partial charge in [-0.25, -0.2) is 4.79 Å². The van der Waals surface area contributed by atoms with Gasteiger partial charge in [0, 0.05) is 5.92 Å². The van der Waals surface area contributed by atoms with Crippen molar-refractivity contribution in [3.05, 3.63) is 42.0 Å². The molecule has 1 aliphatic rings. The molecule has 1 aromatic rings. The second-order valence-electron chi connectivity index (χ2n) is 7.61. The summed E-state index contributed by atoms with van der Waals surface area (Å²) < 4.78 is 5.57. The molecule has 0 unspecified atom stereocenters. The van der Waals surface area contributed by atoms with E-state index in [1.54, 1.807) is 0 Å². The Labute approximate surface area is 146 Å². The van der Waals surface area contributed by atoms with E-state index in [1.165, 1.54) is 12.8 Å². The molecule has 0 aliphatic heterocycles. The Morgan fingerprint density at radius 2 is 1.88 bits per heavy atom. The molecule has 1 aromatic carbocycles. The third kappa shape index (κ3) is 4.86. The second kappa shape index (κ2) is 8.36. The first-order valence-corrected chi connectivity index (χ1v) is 9.08. The SMILES string of the molecule is C/C(=C\[C@H](OC(N)=O)[C@@H]1C[C@H](C)CC[C@H]1C(C)C)c1ccccc1. The lowest BCUT2D eigenvalue weighted by Gasteiger charge is -2.40. The lowest BCUT2D eigenvalue weighted by Crippen LogP contribution is -2.38. The van der Waals surface area contributed by atoms with Crippen LogP contribution in [0.25, 0.3) is 5.57 Å². The molecule has 0 saturated heterocycles. The first-order valence-electron chi connectivity index (χ1n) is 9.08. The van der Waals surface area contributed by atoms with E-state index in [2.05, 4.69) is 45.9 Å². The quantitative estimate of drug-likeness (QED) is 0.801. The van der Waals surface area contributed by atoms with Gasteiger partial charge in [-0.1, -0.05) is 57.5 Å². The van der Waals surface area contributed by atoms with Crippen LogP contribution in [0.3, 0.4) is 0 Å². The average Bonchev–Trinajstić information content (AvgIpc) is 2.54. The fraction of sp³-hybridized carbons (Fsp3) is 0.571. The second-order valence-corrected chi connectivity index (χ2v) is 7.61. The molecule has 132 valence electrons. The van der Waals surface area contributed by atoms with Crippen LogP contribution in [0.5, 0.6) is 0 Å². The number of carbonyl (C=O) groups excluding carboxylic acids is 1. The van der Waals surface area contributed by atoms with E-state index in [1.807, 2.05) is 18.2 Å². The zero-order valence-electron chi connectivity index (χ0n) is 15.4. The number of hydrogen-bond donors (Lipinski definition) is 1. The van der Waals surface area contributed by atoms with Crippen LogP contribution in [0.1, 0.15) is 52.5 Å². The fourth-order valence-electron chi connectivity index (χ4n) is 4.08. The maximum absolute atomic E-state index is 11.5. The van der Waals surface area contributed by atoms with Crippen molar-refractivity contribution in [1.82, 2.24) is 0 Å². The summed E-state index contributed by atoms with van der Waals surface area (Å²) >= 11 is 0. The van der Waals surface area contributed by atoms with E-state index in [9.17, 15) is 4.79 Å². The minimum Gasteiger partial charge on any atom is -0.442 e. The van der Waals surface area contributed by atoms with Crippen molar-refractivity contribution in [2.75, 3.05) is 0 Å². The molecule has 24 heavy (non-hydrogen) atoms. The molecule has 2 N–H and O–H groups in total. The molecule has 2 rings (SSSR count). The zero-order valence-corrected chi connectivity index (χ0v) is 15.4. The Hall–Kier alpha value is -1.77. The Morgan fingerprint density at radius 3 is 2.46 bits per heavy atom. The fourth-order valence-corrected chi connectivity index (χ4v) is 4.08. The van der Waals surface area contributed by atoms with Gasteiger partial charge in [-0.3, -0.25) is 0 Å². The molecule has 4 atom stereocenters. The number of benzene rings is 1. The van der Waals surface area contributed by atoms with Crippen molar-refractivity contribution in [3.8, 4) is 0 Å². The summed E-state index contributed by atoms with van der Waals surface area (Å²) in [7, 11) is 0. The summed E-state index contributed by atoms with van der Waals surface area (Å²) in [6.45, 7) is 8.90. The summed E-state index contributed by atoms with van der Waals surface area (Å²) in [5.41, 5.74) is 7.66. The summed E-state index contributed by atoms with van der Waals surface area (Å²) in [5.74, 6) is 2.13. The molecule has 0 aromatic heterocycles. The number of amides is 1. The highest BCUT2D eigenvalue weighted by Crippen LogP contribution is 2.41. The van der Waals surface area contributed by atoms with Gasteiger partial charge in [-0.05, 0) is 54.7 Å². The van der Waals surface area contributed by atoms with E-state index < -0.39 is 6.09 Å². The van der Waals surface area contributed by atoms with Gasteiger partial charge in [0.1, 0.15) is 6.10 Å². The largest absolute Gasteiger partial charge is 0.442 e. The summed E-state index contributed by atoms with van der Waals surface area (Å²) in [6, 6.07) is 10.2. The third-order valence-electron chi connectivity index (χ3n) is 5.39. The minimum atomic E-state index is -0.683. The first-order chi connectivity index (χ1) is 11.4. The van der Waals surface area contributed by atoms with Crippen LogP contribution in [0, 0.1) is 23.7 Å². The molecule has 0 radical (unpaired) electrons. The highest BCUT2D eigenvalue weighted by Gasteiger charge is 2.36. The molecular formula is C21H31NO2. The third-order valence-corrected chi connectivity index (χ3v) is 5.39. The van der Waals surface area contributed by atoms with Crippen LogP contribution >= 0.6 is 0 Å². The Morgan fingerprint density at radius 1 is 1.21 bits per heavy atom. The Bertz CT molecular complexity index is 564. The van der Waals surface area contributed by atoms with E-state index in [-0.39, 0.29) is 6.10 Å². The molecule has 0 bridgehead atoms. The van der Waals surface area contributed by atoms with Crippen molar-refractivity contribution in [1.29, 1.82) is 0 Å². The van der Waals surface area contributed by atoms with Crippen LogP contribution < -0.4 is 5.73 Å². The van der Waals surface area contributed by atoms with Crippen molar-refractivity contribution in [3.63, 3.8) is 0 Å². The molecule has 3 heteroatoms. The number of ether oxygens (including phenoxy) is 1. The molecule has 1 aliphatic carbocycles. The summed E-state index contributed by atoms with van der Waals surface area (Å²) in [4.78, 5) is 11.5. The maximum atomic E-state index is 11.5. The van der Waals surface area contributed by atoms with E-state index in [0.717, 1.165) is 17.6 Å². The molecule has 1 saturated carbocycles.